The molecule has 0 saturated carbocycles. The Bertz CT molecular complexity index is 482. The van der Waals surface area contributed by atoms with Crippen molar-refractivity contribution < 1.29 is 9.18 Å². The van der Waals surface area contributed by atoms with Crippen molar-refractivity contribution in [1.82, 2.24) is 10.6 Å². The molecule has 21 heavy (non-hydrogen) atoms. The van der Waals surface area contributed by atoms with E-state index in [1.807, 2.05) is 13.8 Å². The Labute approximate surface area is 136 Å². The molecule has 118 valence electrons. The van der Waals surface area contributed by atoms with Crippen molar-refractivity contribution in [3.8, 4) is 0 Å². The van der Waals surface area contributed by atoms with E-state index in [0.717, 1.165) is 19.4 Å². The lowest BCUT2D eigenvalue weighted by atomic mass is 9.84. The highest BCUT2D eigenvalue weighted by Gasteiger charge is 2.29. The van der Waals surface area contributed by atoms with Crippen LogP contribution >= 0.6 is 24.0 Å². The van der Waals surface area contributed by atoms with Crippen LogP contribution in [-0.4, -0.2) is 25.0 Å². The summed E-state index contributed by atoms with van der Waals surface area (Å²) in [5.74, 6) is -0.362. The average Bonchev–Trinajstić information content (AvgIpc) is 2.89. The molecule has 1 unspecified atom stereocenters. The summed E-state index contributed by atoms with van der Waals surface area (Å²) in [7, 11) is 0. The highest BCUT2D eigenvalue weighted by Crippen LogP contribution is 2.31. The lowest BCUT2D eigenvalue weighted by Gasteiger charge is -2.27. The minimum absolute atomic E-state index is 0. The lowest BCUT2D eigenvalue weighted by Crippen LogP contribution is -2.45. The molecule has 0 aliphatic carbocycles. The van der Waals surface area contributed by atoms with E-state index in [2.05, 4.69) is 10.6 Å². The Hall–Kier alpha value is -0.840. The SMILES string of the molecule is CC(C)(CNC(=O)C1CCCN1)c1c(F)cccc1Cl.Cl. The zero-order valence-electron chi connectivity index (χ0n) is 12.2. The van der Waals surface area contributed by atoms with E-state index in [9.17, 15) is 9.18 Å². The van der Waals surface area contributed by atoms with Gasteiger partial charge in [-0.1, -0.05) is 31.5 Å². The summed E-state index contributed by atoms with van der Waals surface area (Å²) in [6, 6.07) is 4.52. The third kappa shape index (κ3) is 4.31. The number of carbonyl (C=O) groups excluding carboxylic acids is 1. The summed E-state index contributed by atoms with van der Waals surface area (Å²) >= 11 is 6.09. The molecular formula is C15H21Cl2FN2O. The molecule has 1 aromatic rings. The first-order chi connectivity index (χ1) is 9.42. The van der Waals surface area contributed by atoms with Gasteiger partial charge in [0.05, 0.1) is 6.04 Å². The van der Waals surface area contributed by atoms with Gasteiger partial charge in [-0.05, 0) is 31.5 Å². The van der Waals surface area contributed by atoms with Crippen LogP contribution in [0.15, 0.2) is 18.2 Å². The normalized spacial score (nSPS) is 18.2. The number of rotatable bonds is 4. The molecule has 2 rings (SSSR count). The van der Waals surface area contributed by atoms with Crippen molar-refractivity contribution in [2.75, 3.05) is 13.1 Å². The molecule has 0 aromatic heterocycles. The Morgan fingerprint density at radius 2 is 2.24 bits per heavy atom. The predicted octanol–water partition coefficient (Wildman–Crippen LogP) is 3.05. The van der Waals surface area contributed by atoms with Crippen molar-refractivity contribution in [2.45, 2.75) is 38.1 Å². The van der Waals surface area contributed by atoms with Crippen LogP contribution in [0.4, 0.5) is 4.39 Å². The van der Waals surface area contributed by atoms with Crippen molar-refractivity contribution in [3.05, 3.63) is 34.6 Å². The molecule has 1 heterocycles. The second-order valence-corrected chi connectivity index (χ2v) is 6.25. The third-order valence-electron chi connectivity index (χ3n) is 3.72. The van der Waals surface area contributed by atoms with Gasteiger partial charge < -0.3 is 10.6 Å². The highest BCUT2D eigenvalue weighted by atomic mass is 35.5. The fourth-order valence-electron chi connectivity index (χ4n) is 2.57. The molecule has 1 aliphatic heterocycles. The summed E-state index contributed by atoms with van der Waals surface area (Å²) < 4.78 is 14.0. The maximum Gasteiger partial charge on any atom is 0.237 e. The average molecular weight is 335 g/mol. The number of halogens is 3. The topological polar surface area (TPSA) is 41.1 Å². The number of hydrogen-bond donors (Lipinski definition) is 2. The highest BCUT2D eigenvalue weighted by molar-refractivity contribution is 6.31. The fraction of sp³-hybridized carbons (Fsp3) is 0.533. The largest absolute Gasteiger partial charge is 0.354 e. The Kier molecular flexibility index (Phi) is 6.44. The van der Waals surface area contributed by atoms with Gasteiger partial charge in [0.25, 0.3) is 0 Å². The van der Waals surface area contributed by atoms with Gasteiger partial charge in [0, 0.05) is 22.5 Å². The van der Waals surface area contributed by atoms with Crippen LogP contribution in [0.25, 0.3) is 0 Å². The predicted molar refractivity (Wildman–Crippen MR) is 85.7 cm³/mol. The number of carbonyl (C=O) groups is 1. The molecule has 1 amide bonds. The van der Waals surface area contributed by atoms with Gasteiger partial charge in [-0.25, -0.2) is 4.39 Å². The minimum Gasteiger partial charge on any atom is -0.354 e. The minimum atomic E-state index is -0.559. The second kappa shape index (κ2) is 7.43. The number of amides is 1. The fourth-order valence-corrected chi connectivity index (χ4v) is 2.99. The van der Waals surface area contributed by atoms with Gasteiger partial charge in [-0.3, -0.25) is 4.79 Å². The molecule has 0 radical (unpaired) electrons. The number of benzene rings is 1. The van der Waals surface area contributed by atoms with Gasteiger partial charge in [-0.2, -0.15) is 0 Å². The molecule has 1 atom stereocenters. The number of nitrogens with one attached hydrogen (secondary N) is 2. The standard InChI is InChI=1S/C15H20ClFN2O.ClH/c1-15(2,13-10(16)5-3-6-11(13)17)9-19-14(20)12-7-4-8-18-12;/h3,5-6,12,18H,4,7-9H2,1-2H3,(H,19,20);1H. The summed E-state index contributed by atoms with van der Waals surface area (Å²) in [6.07, 6.45) is 1.87. The molecule has 6 heteroatoms. The van der Waals surface area contributed by atoms with Crippen molar-refractivity contribution >= 4 is 29.9 Å². The molecule has 1 fully saturated rings. The Balaban J connectivity index is 0.00000220. The van der Waals surface area contributed by atoms with Crippen LogP contribution in [0.5, 0.6) is 0 Å². The molecule has 0 bridgehead atoms. The van der Waals surface area contributed by atoms with E-state index in [4.69, 9.17) is 11.6 Å². The molecule has 1 saturated heterocycles. The van der Waals surface area contributed by atoms with Crippen LogP contribution in [0.2, 0.25) is 5.02 Å². The number of hydrogen-bond acceptors (Lipinski definition) is 2. The van der Waals surface area contributed by atoms with Crippen LogP contribution in [-0.2, 0) is 10.2 Å². The summed E-state index contributed by atoms with van der Waals surface area (Å²) in [6.45, 7) is 4.98. The van der Waals surface area contributed by atoms with Crippen LogP contribution < -0.4 is 10.6 Å². The van der Waals surface area contributed by atoms with E-state index in [-0.39, 0.29) is 30.2 Å². The Morgan fingerprint density at radius 3 is 2.81 bits per heavy atom. The first kappa shape index (κ1) is 18.2. The zero-order valence-corrected chi connectivity index (χ0v) is 13.8. The van der Waals surface area contributed by atoms with Gasteiger partial charge in [0.15, 0.2) is 0 Å². The van der Waals surface area contributed by atoms with E-state index >= 15 is 0 Å². The van der Waals surface area contributed by atoms with Gasteiger partial charge >= 0.3 is 0 Å². The van der Waals surface area contributed by atoms with Crippen LogP contribution in [0, 0.1) is 5.82 Å². The summed E-state index contributed by atoms with van der Waals surface area (Å²) in [5.41, 5.74) is -0.113. The van der Waals surface area contributed by atoms with Crippen molar-refractivity contribution in [1.29, 1.82) is 0 Å². The molecule has 0 spiro atoms. The molecule has 2 N–H and O–H groups in total. The van der Waals surface area contributed by atoms with Gasteiger partial charge in [-0.15, -0.1) is 12.4 Å². The summed E-state index contributed by atoms with van der Waals surface area (Å²) in [5, 5.41) is 6.43. The first-order valence-corrected chi connectivity index (χ1v) is 7.25. The molecule has 3 nitrogen and oxygen atoms in total. The van der Waals surface area contributed by atoms with E-state index < -0.39 is 5.41 Å². The first-order valence-electron chi connectivity index (χ1n) is 6.87. The molecule has 1 aliphatic rings. The third-order valence-corrected chi connectivity index (χ3v) is 4.04. The van der Waals surface area contributed by atoms with Gasteiger partial charge in [0.1, 0.15) is 5.82 Å². The summed E-state index contributed by atoms with van der Waals surface area (Å²) in [4.78, 5) is 12.0. The van der Waals surface area contributed by atoms with E-state index in [1.165, 1.54) is 6.07 Å². The van der Waals surface area contributed by atoms with Gasteiger partial charge in [0.2, 0.25) is 5.91 Å². The maximum atomic E-state index is 14.0. The Morgan fingerprint density at radius 1 is 1.52 bits per heavy atom. The molecular weight excluding hydrogens is 314 g/mol. The second-order valence-electron chi connectivity index (χ2n) is 5.85. The van der Waals surface area contributed by atoms with E-state index in [1.54, 1.807) is 12.1 Å². The zero-order chi connectivity index (χ0) is 14.8. The monoisotopic (exact) mass is 334 g/mol. The molecule has 1 aromatic carbocycles. The maximum absolute atomic E-state index is 14.0. The smallest absolute Gasteiger partial charge is 0.237 e. The quantitative estimate of drug-likeness (QED) is 0.888. The van der Waals surface area contributed by atoms with Crippen molar-refractivity contribution in [2.24, 2.45) is 0 Å². The van der Waals surface area contributed by atoms with E-state index in [0.29, 0.717) is 17.1 Å². The van der Waals surface area contributed by atoms with Crippen LogP contribution in [0.3, 0.4) is 0 Å². The lowest BCUT2D eigenvalue weighted by molar-refractivity contribution is -0.123. The van der Waals surface area contributed by atoms with Crippen molar-refractivity contribution in [3.63, 3.8) is 0 Å². The van der Waals surface area contributed by atoms with Crippen LogP contribution in [0.1, 0.15) is 32.3 Å².